The van der Waals surface area contributed by atoms with Crippen LogP contribution in [0.25, 0.3) is 0 Å². The molecule has 2 N–H and O–H groups in total. The molecular formula is C10H18N2O3S. The molecule has 5 nitrogen and oxygen atoms in total. The van der Waals surface area contributed by atoms with E-state index in [9.17, 15) is 13.8 Å². The first-order valence-corrected chi connectivity index (χ1v) is 7.00. The second-order valence-corrected chi connectivity index (χ2v) is 5.70. The van der Waals surface area contributed by atoms with Crippen LogP contribution in [0.15, 0.2) is 0 Å². The third kappa shape index (κ3) is 2.81. The molecular weight excluding hydrogens is 228 g/mol. The molecule has 1 aliphatic heterocycles. The molecule has 0 spiro atoms. The summed E-state index contributed by atoms with van der Waals surface area (Å²) < 4.78 is 11.4. The summed E-state index contributed by atoms with van der Waals surface area (Å²) in [6.45, 7) is 2.19. The van der Waals surface area contributed by atoms with Crippen LogP contribution in [0.3, 0.4) is 0 Å². The van der Waals surface area contributed by atoms with Crippen molar-refractivity contribution in [2.24, 2.45) is 5.73 Å². The van der Waals surface area contributed by atoms with E-state index in [0.29, 0.717) is 25.8 Å². The van der Waals surface area contributed by atoms with Crippen molar-refractivity contribution in [2.45, 2.75) is 37.5 Å². The van der Waals surface area contributed by atoms with E-state index in [2.05, 4.69) is 0 Å². The van der Waals surface area contributed by atoms with E-state index in [1.54, 1.807) is 6.26 Å². The molecule has 0 aromatic heterocycles. The smallest absolute Gasteiger partial charge is 0.240 e. The van der Waals surface area contributed by atoms with Crippen molar-refractivity contribution in [3.05, 3.63) is 0 Å². The number of carbonyl (C=O) groups is 2. The monoisotopic (exact) mass is 246 g/mol. The van der Waals surface area contributed by atoms with Gasteiger partial charge in [0.25, 0.3) is 0 Å². The summed E-state index contributed by atoms with van der Waals surface area (Å²) >= 11 is 0. The molecule has 1 saturated heterocycles. The number of piperidine rings is 1. The lowest BCUT2D eigenvalue weighted by atomic mass is 10.1. The maximum atomic E-state index is 11.7. The summed E-state index contributed by atoms with van der Waals surface area (Å²) in [4.78, 5) is 24.4. The fourth-order valence-corrected chi connectivity index (χ4v) is 2.81. The van der Waals surface area contributed by atoms with Crippen molar-refractivity contribution in [2.75, 3.05) is 12.8 Å². The van der Waals surface area contributed by atoms with Crippen LogP contribution in [0, 0.1) is 0 Å². The Labute approximate surface area is 97.8 Å². The van der Waals surface area contributed by atoms with Crippen LogP contribution >= 0.6 is 0 Å². The van der Waals surface area contributed by atoms with E-state index in [0.717, 1.165) is 0 Å². The van der Waals surface area contributed by atoms with Gasteiger partial charge in [0, 0.05) is 30.0 Å². The summed E-state index contributed by atoms with van der Waals surface area (Å²) in [7, 11) is -0.965. The van der Waals surface area contributed by atoms with Crippen molar-refractivity contribution >= 4 is 22.6 Å². The second kappa shape index (κ2) is 5.43. The van der Waals surface area contributed by atoms with Crippen LogP contribution in [0.1, 0.15) is 26.2 Å². The highest BCUT2D eigenvalue weighted by Gasteiger charge is 2.33. The number of hydrogen-bond donors (Lipinski definition) is 1. The summed E-state index contributed by atoms with van der Waals surface area (Å²) in [5, 5.41) is -0.0360. The van der Waals surface area contributed by atoms with E-state index in [1.807, 2.05) is 6.92 Å². The molecule has 1 aliphatic rings. The van der Waals surface area contributed by atoms with Gasteiger partial charge in [0.05, 0.1) is 5.25 Å². The SMILES string of the molecule is CCC(C(N)=O)N1CC(S(C)=O)CCC1=O. The highest BCUT2D eigenvalue weighted by molar-refractivity contribution is 7.84. The second-order valence-electron chi connectivity index (χ2n) is 4.03. The van der Waals surface area contributed by atoms with Crippen molar-refractivity contribution in [3.63, 3.8) is 0 Å². The standard InChI is InChI=1S/C10H18N2O3S/c1-3-8(10(11)14)12-6-7(16(2)15)4-5-9(12)13/h7-8H,3-6H2,1-2H3,(H2,11,14). The third-order valence-electron chi connectivity index (χ3n) is 2.96. The quantitative estimate of drug-likeness (QED) is 0.734. The molecule has 16 heavy (non-hydrogen) atoms. The normalized spacial score (nSPS) is 25.2. The van der Waals surface area contributed by atoms with Crippen LogP contribution in [0.5, 0.6) is 0 Å². The van der Waals surface area contributed by atoms with Gasteiger partial charge in [0.1, 0.15) is 6.04 Å². The van der Waals surface area contributed by atoms with Gasteiger partial charge in [0.15, 0.2) is 0 Å². The summed E-state index contributed by atoms with van der Waals surface area (Å²) in [6, 6.07) is -0.557. The first kappa shape index (κ1) is 13.2. The van der Waals surface area contributed by atoms with Gasteiger partial charge >= 0.3 is 0 Å². The molecule has 92 valence electrons. The minimum absolute atomic E-state index is 0.0360. The lowest BCUT2D eigenvalue weighted by Crippen LogP contribution is -2.53. The first-order valence-electron chi connectivity index (χ1n) is 5.38. The predicted molar refractivity (Wildman–Crippen MR) is 62.1 cm³/mol. The number of primary amides is 1. The number of amides is 2. The van der Waals surface area contributed by atoms with Gasteiger partial charge < -0.3 is 10.6 Å². The fourth-order valence-electron chi connectivity index (χ4n) is 1.99. The van der Waals surface area contributed by atoms with Crippen molar-refractivity contribution in [1.82, 2.24) is 4.90 Å². The number of rotatable bonds is 4. The first-order chi connectivity index (χ1) is 7.47. The van der Waals surface area contributed by atoms with Crippen LogP contribution in [0.4, 0.5) is 0 Å². The Hall–Kier alpha value is -0.910. The molecule has 3 unspecified atom stereocenters. The molecule has 0 saturated carbocycles. The van der Waals surface area contributed by atoms with Gasteiger partial charge in [0.2, 0.25) is 11.8 Å². The molecule has 0 bridgehead atoms. The molecule has 0 aliphatic carbocycles. The van der Waals surface area contributed by atoms with E-state index in [4.69, 9.17) is 5.73 Å². The Morgan fingerprint density at radius 3 is 2.75 bits per heavy atom. The largest absolute Gasteiger partial charge is 0.368 e. The number of likely N-dealkylation sites (tertiary alicyclic amines) is 1. The lowest BCUT2D eigenvalue weighted by molar-refractivity contribution is -0.141. The maximum absolute atomic E-state index is 11.7. The zero-order valence-electron chi connectivity index (χ0n) is 9.64. The average molecular weight is 246 g/mol. The van der Waals surface area contributed by atoms with Crippen molar-refractivity contribution in [1.29, 1.82) is 0 Å². The van der Waals surface area contributed by atoms with Gasteiger partial charge in [-0.25, -0.2) is 0 Å². The van der Waals surface area contributed by atoms with Crippen LogP contribution < -0.4 is 5.73 Å². The molecule has 1 fully saturated rings. The zero-order valence-corrected chi connectivity index (χ0v) is 10.5. The summed E-state index contributed by atoms with van der Waals surface area (Å²) in [6.07, 6.45) is 3.12. The Balaban J connectivity index is 2.79. The van der Waals surface area contributed by atoms with Crippen LogP contribution in [-0.2, 0) is 20.4 Å². The number of carbonyl (C=O) groups excluding carboxylic acids is 2. The van der Waals surface area contributed by atoms with E-state index in [-0.39, 0.29) is 11.2 Å². The minimum Gasteiger partial charge on any atom is -0.368 e. The van der Waals surface area contributed by atoms with Crippen molar-refractivity contribution in [3.8, 4) is 0 Å². The maximum Gasteiger partial charge on any atom is 0.240 e. The van der Waals surface area contributed by atoms with Gasteiger partial charge in [-0.1, -0.05) is 6.92 Å². The van der Waals surface area contributed by atoms with E-state index >= 15 is 0 Å². The van der Waals surface area contributed by atoms with Crippen LogP contribution in [-0.4, -0.2) is 45.0 Å². The number of nitrogens with two attached hydrogens (primary N) is 1. The van der Waals surface area contributed by atoms with Gasteiger partial charge in [-0.15, -0.1) is 0 Å². The Morgan fingerprint density at radius 2 is 2.31 bits per heavy atom. The molecule has 0 aromatic rings. The molecule has 0 radical (unpaired) electrons. The topological polar surface area (TPSA) is 80.5 Å². The van der Waals surface area contributed by atoms with Gasteiger partial charge in [-0.3, -0.25) is 13.8 Å². The van der Waals surface area contributed by atoms with Gasteiger partial charge in [-0.2, -0.15) is 0 Å². The fraction of sp³-hybridized carbons (Fsp3) is 0.800. The predicted octanol–water partition coefficient (Wildman–Crippen LogP) is -0.380. The van der Waals surface area contributed by atoms with Gasteiger partial charge in [-0.05, 0) is 12.8 Å². The lowest BCUT2D eigenvalue weighted by Gasteiger charge is -2.35. The molecule has 6 heteroatoms. The summed E-state index contributed by atoms with van der Waals surface area (Å²) in [5.74, 6) is -0.550. The highest BCUT2D eigenvalue weighted by atomic mass is 32.2. The van der Waals surface area contributed by atoms with E-state index in [1.165, 1.54) is 4.90 Å². The molecule has 3 atom stereocenters. The highest BCUT2D eigenvalue weighted by Crippen LogP contribution is 2.19. The molecule has 2 amide bonds. The molecule has 1 heterocycles. The minimum atomic E-state index is -0.965. The molecule has 1 rings (SSSR count). The number of hydrogen-bond acceptors (Lipinski definition) is 3. The summed E-state index contributed by atoms with van der Waals surface area (Å²) in [5.41, 5.74) is 5.25. The Morgan fingerprint density at radius 1 is 1.69 bits per heavy atom. The number of nitrogens with zero attached hydrogens (tertiary/aromatic N) is 1. The Bertz CT molecular complexity index is 319. The van der Waals surface area contributed by atoms with E-state index < -0.39 is 22.7 Å². The average Bonchev–Trinajstić information content (AvgIpc) is 2.20. The van der Waals surface area contributed by atoms with Crippen molar-refractivity contribution < 1.29 is 13.8 Å². The molecule has 0 aromatic carbocycles. The van der Waals surface area contributed by atoms with Crippen LogP contribution in [0.2, 0.25) is 0 Å². The Kier molecular flexibility index (Phi) is 4.46. The third-order valence-corrected chi connectivity index (χ3v) is 4.29. The zero-order chi connectivity index (χ0) is 12.3.